The lowest BCUT2D eigenvalue weighted by molar-refractivity contribution is -0.137. The van der Waals surface area contributed by atoms with Crippen molar-refractivity contribution in [3.05, 3.63) is 11.3 Å². The monoisotopic (exact) mass is 353 g/mol. The van der Waals surface area contributed by atoms with Crippen LogP contribution in [0.15, 0.2) is 16.3 Å². The Kier molecular flexibility index (Phi) is 6.02. The van der Waals surface area contributed by atoms with Crippen molar-refractivity contribution >= 4 is 23.6 Å². The molecule has 2 atom stereocenters. The summed E-state index contributed by atoms with van der Waals surface area (Å²) in [7, 11) is 0. The van der Waals surface area contributed by atoms with Crippen molar-refractivity contribution in [2.24, 2.45) is 10.4 Å². The van der Waals surface area contributed by atoms with Gasteiger partial charge < -0.3 is 10.0 Å². The zero-order valence-corrected chi connectivity index (χ0v) is 16.6. The number of aliphatic carboxylic acids is 1. The van der Waals surface area contributed by atoms with Gasteiger partial charge in [-0.2, -0.15) is 11.8 Å². The van der Waals surface area contributed by atoms with E-state index in [1.165, 1.54) is 17.1 Å². The van der Waals surface area contributed by atoms with Crippen molar-refractivity contribution in [1.29, 1.82) is 0 Å². The van der Waals surface area contributed by atoms with E-state index in [0.29, 0.717) is 11.8 Å². The number of piperazine rings is 1. The summed E-state index contributed by atoms with van der Waals surface area (Å²) in [6.45, 7) is 14.4. The topological polar surface area (TPSA) is 56.1 Å². The number of aliphatic imine (C=N–C) groups is 1. The van der Waals surface area contributed by atoms with E-state index in [-0.39, 0.29) is 17.9 Å². The van der Waals surface area contributed by atoms with Gasteiger partial charge in [-0.05, 0) is 31.1 Å². The Labute approximate surface area is 150 Å². The van der Waals surface area contributed by atoms with Crippen LogP contribution in [0, 0.1) is 5.41 Å². The van der Waals surface area contributed by atoms with Crippen LogP contribution in [0.25, 0.3) is 0 Å². The summed E-state index contributed by atoms with van der Waals surface area (Å²) in [5.74, 6) is 0.457. The van der Waals surface area contributed by atoms with Gasteiger partial charge in [0.15, 0.2) is 0 Å². The predicted molar refractivity (Wildman–Crippen MR) is 102 cm³/mol. The average molecular weight is 354 g/mol. The summed E-state index contributed by atoms with van der Waals surface area (Å²) < 4.78 is 0. The molecule has 0 amide bonds. The molecule has 2 rings (SSSR count). The lowest BCUT2D eigenvalue weighted by Gasteiger charge is -2.46. The molecule has 5 nitrogen and oxygen atoms in total. The third kappa shape index (κ3) is 4.14. The molecular weight excluding hydrogens is 322 g/mol. The van der Waals surface area contributed by atoms with Crippen LogP contribution < -0.4 is 0 Å². The molecule has 0 spiro atoms. The summed E-state index contributed by atoms with van der Waals surface area (Å²) in [6, 6.07) is 0.188. The minimum atomic E-state index is -0.724. The second kappa shape index (κ2) is 7.48. The first-order valence-corrected chi connectivity index (χ1v) is 9.95. The number of fused-ring (bicyclic) bond motifs is 1. The van der Waals surface area contributed by atoms with Crippen LogP contribution in [0.1, 0.15) is 41.0 Å². The Bertz CT molecular complexity index is 551. The highest BCUT2D eigenvalue weighted by atomic mass is 32.2. The molecule has 1 fully saturated rings. The second-order valence-corrected chi connectivity index (χ2v) is 9.01. The smallest absolute Gasteiger partial charge is 0.304 e. The highest BCUT2D eigenvalue weighted by molar-refractivity contribution is 7.99. The van der Waals surface area contributed by atoms with Crippen LogP contribution in [0.4, 0.5) is 0 Å². The van der Waals surface area contributed by atoms with Gasteiger partial charge in [-0.15, -0.1) is 0 Å². The molecule has 6 heteroatoms. The molecule has 1 N–H and O–H groups in total. The number of hydrogen-bond donors (Lipinski definition) is 1. The van der Waals surface area contributed by atoms with E-state index in [0.717, 1.165) is 19.6 Å². The van der Waals surface area contributed by atoms with E-state index in [2.05, 4.69) is 50.7 Å². The summed E-state index contributed by atoms with van der Waals surface area (Å²) in [5, 5.41) is 9.32. The van der Waals surface area contributed by atoms with Crippen molar-refractivity contribution in [1.82, 2.24) is 9.80 Å². The Morgan fingerprint density at radius 2 is 2.08 bits per heavy atom. The van der Waals surface area contributed by atoms with Gasteiger partial charge in [0.25, 0.3) is 0 Å². The van der Waals surface area contributed by atoms with Crippen molar-refractivity contribution in [2.75, 3.05) is 32.4 Å². The maximum atomic E-state index is 10.9. The molecule has 24 heavy (non-hydrogen) atoms. The van der Waals surface area contributed by atoms with Crippen LogP contribution in [0.2, 0.25) is 0 Å². The van der Waals surface area contributed by atoms with Gasteiger partial charge in [0, 0.05) is 31.9 Å². The van der Waals surface area contributed by atoms with E-state index >= 15 is 0 Å². The summed E-state index contributed by atoms with van der Waals surface area (Å²) in [6.07, 6.45) is 2.34. The highest BCUT2D eigenvalue weighted by Crippen LogP contribution is 2.36. The Morgan fingerprint density at radius 3 is 2.62 bits per heavy atom. The first-order chi connectivity index (χ1) is 11.1. The van der Waals surface area contributed by atoms with E-state index < -0.39 is 5.97 Å². The van der Waals surface area contributed by atoms with E-state index in [1.54, 1.807) is 0 Å². The highest BCUT2D eigenvalue weighted by Gasteiger charge is 2.38. The molecular formula is C18H31N3O2S. The first kappa shape index (κ1) is 19.3. The number of amidine groups is 1. The van der Waals surface area contributed by atoms with E-state index in [4.69, 9.17) is 10.1 Å². The average Bonchev–Trinajstić information content (AvgIpc) is 2.51. The Morgan fingerprint density at radius 1 is 1.42 bits per heavy atom. The molecule has 0 bridgehead atoms. The van der Waals surface area contributed by atoms with E-state index in [1.807, 2.05) is 11.8 Å². The maximum Gasteiger partial charge on any atom is 0.304 e. The minimum Gasteiger partial charge on any atom is -0.481 e. The fourth-order valence-electron chi connectivity index (χ4n) is 3.52. The molecule has 2 aliphatic rings. The van der Waals surface area contributed by atoms with Gasteiger partial charge in [0.1, 0.15) is 5.84 Å². The number of carboxylic acids is 1. The zero-order chi connectivity index (χ0) is 18.1. The van der Waals surface area contributed by atoms with Gasteiger partial charge in [0.2, 0.25) is 0 Å². The Balaban J connectivity index is 2.30. The van der Waals surface area contributed by atoms with Crippen LogP contribution >= 0.6 is 11.8 Å². The molecule has 136 valence electrons. The van der Waals surface area contributed by atoms with Crippen LogP contribution in [-0.2, 0) is 4.79 Å². The Hall–Kier alpha value is -1.01. The molecule has 0 saturated carbocycles. The number of nitrogens with zero attached hydrogens (tertiary/aromatic N) is 3. The number of carboxylic acid groups (broad SMARTS) is 1. The molecule has 1 saturated heterocycles. The number of carbonyl (C=O) groups is 1. The molecule has 0 aromatic carbocycles. The molecule has 0 aromatic heterocycles. The molecule has 2 aliphatic heterocycles. The number of hydrogen-bond acceptors (Lipinski definition) is 5. The summed E-state index contributed by atoms with van der Waals surface area (Å²) >= 11 is 1.83. The summed E-state index contributed by atoms with van der Waals surface area (Å²) in [5.41, 5.74) is 2.74. The quantitative estimate of drug-likeness (QED) is 0.823. The van der Waals surface area contributed by atoms with Crippen molar-refractivity contribution in [3.8, 4) is 0 Å². The van der Waals surface area contributed by atoms with Crippen LogP contribution in [0.5, 0.6) is 0 Å². The number of thioether (sulfide) groups is 1. The van der Waals surface area contributed by atoms with Gasteiger partial charge in [0.05, 0.1) is 17.7 Å². The zero-order valence-electron chi connectivity index (χ0n) is 15.8. The van der Waals surface area contributed by atoms with Gasteiger partial charge in [-0.25, -0.2) is 0 Å². The standard InChI is InChI=1S/C18H31N3O2S/c1-12-14-11-20(8-7-15(22)23)9-10-21(14)17(13(2)24-6)19-16(12)18(3,4)5/h13,16H,7-11H2,1-6H3,(H,22,23). The molecule has 2 heterocycles. The van der Waals surface area contributed by atoms with Crippen molar-refractivity contribution in [2.45, 2.75) is 52.3 Å². The van der Waals surface area contributed by atoms with Gasteiger partial charge in [-0.3, -0.25) is 14.7 Å². The van der Waals surface area contributed by atoms with Crippen molar-refractivity contribution in [3.63, 3.8) is 0 Å². The summed E-state index contributed by atoms with van der Waals surface area (Å²) in [4.78, 5) is 20.7. The number of rotatable bonds is 5. The maximum absolute atomic E-state index is 10.9. The van der Waals surface area contributed by atoms with Gasteiger partial charge in [-0.1, -0.05) is 20.8 Å². The normalized spacial score (nSPS) is 23.8. The molecule has 0 radical (unpaired) electrons. The molecule has 0 aromatic rings. The second-order valence-electron chi connectivity index (χ2n) is 7.84. The first-order valence-electron chi connectivity index (χ1n) is 8.67. The molecule has 0 aliphatic carbocycles. The fraction of sp³-hybridized carbons (Fsp3) is 0.778. The predicted octanol–water partition coefficient (Wildman–Crippen LogP) is 2.93. The van der Waals surface area contributed by atoms with Crippen LogP contribution in [0.3, 0.4) is 0 Å². The SMILES string of the molecule is CSC(C)C1=NC(C(C)(C)C)C(C)=C2CN(CCC(=O)O)CCN12. The lowest BCUT2D eigenvalue weighted by Crippen LogP contribution is -2.53. The lowest BCUT2D eigenvalue weighted by atomic mass is 9.81. The fourth-order valence-corrected chi connectivity index (χ4v) is 3.92. The third-order valence-electron chi connectivity index (χ3n) is 4.92. The largest absolute Gasteiger partial charge is 0.481 e. The minimum absolute atomic E-state index is 0.0793. The van der Waals surface area contributed by atoms with E-state index in [9.17, 15) is 4.79 Å². The van der Waals surface area contributed by atoms with Crippen molar-refractivity contribution < 1.29 is 9.90 Å². The third-order valence-corrected chi connectivity index (χ3v) is 5.84. The molecule has 2 unspecified atom stereocenters. The van der Waals surface area contributed by atoms with Crippen LogP contribution in [-0.4, -0.2) is 70.4 Å². The van der Waals surface area contributed by atoms with Gasteiger partial charge >= 0.3 is 5.97 Å².